The zero-order valence-corrected chi connectivity index (χ0v) is 48.5. The number of ether oxygens (including phenoxy) is 1. The number of H-pyrrole nitrogens is 1. The molecule has 0 radical (unpaired) electrons. The van der Waals surface area contributed by atoms with Gasteiger partial charge in [0.25, 0.3) is 41.8 Å². The first kappa shape index (κ1) is 60.2. The number of aromatic nitrogens is 4. The maximum atomic E-state index is 13.3. The number of nitrogens with two attached hydrogens (primary N) is 1. The number of carboxylic acids is 1. The van der Waals surface area contributed by atoms with Gasteiger partial charge in [-0.05, 0) is 158 Å². The molecule has 0 bridgehead atoms. The molecular weight excluding hydrogens is 1140 g/mol. The average molecular weight is 1200 g/mol. The van der Waals surface area contributed by atoms with Gasteiger partial charge in [-0.25, -0.2) is 14.8 Å². The van der Waals surface area contributed by atoms with Gasteiger partial charge in [0.2, 0.25) is 5.95 Å². The smallest absolute Gasteiger partial charge is 0.326 e. The predicted molar refractivity (Wildman–Crippen MR) is 315 cm³/mol. The van der Waals surface area contributed by atoms with Crippen LogP contribution in [0.2, 0.25) is 0 Å². The Balaban J connectivity index is 0.948. The van der Waals surface area contributed by atoms with Crippen LogP contribution in [0.5, 0.6) is 5.75 Å². The molecule has 26 heteroatoms. The molecule has 9 N–H and O–H groups in total. The number of aliphatic imine (C=N–C) groups is 1. The molecule has 23 nitrogen and oxygen atoms in total. The third kappa shape index (κ3) is 13.6. The van der Waals surface area contributed by atoms with Gasteiger partial charge >= 0.3 is 5.97 Å². The van der Waals surface area contributed by atoms with Gasteiger partial charge in [0.1, 0.15) is 17.6 Å². The number of nitrogens with zero attached hydrogens (tertiary/aromatic N) is 5. The highest BCUT2D eigenvalue weighted by Gasteiger charge is 2.41. The fourth-order valence-corrected chi connectivity index (χ4v) is 12.0. The van der Waals surface area contributed by atoms with E-state index < -0.39 is 70.4 Å². The van der Waals surface area contributed by atoms with Crippen molar-refractivity contribution in [2.45, 2.75) is 106 Å². The number of benzene rings is 4. The summed E-state index contributed by atoms with van der Waals surface area (Å²) in [5, 5.41) is 15.9. The molecular formula is C58H61N9O14S3. The number of aryl methyl sites for hydroxylation is 1. The van der Waals surface area contributed by atoms with Gasteiger partial charge in [0.15, 0.2) is 11.2 Å². The lowest BCUT2D eigenvalue weighted by atomic mass is 9.81. The second-order valence-electron chi connectivity index (χ2n) is 21.5. The molecule has 9 rings (SSSR count). The van der Waals surface area contributed by atoms with E-state index in [1.165, 1.54) is 30.5 Å². The summed E-state index contributed by atoms with van der Waals surface area (Å²) in [6, 6.07) is 20.8. The molecule has 1 atom stereocenters. The first-order valence-electron chi connectivity index (χ1n) is 26.6. The first-order valence-corrected chi connectivity index (χ1v) is 31.1. The number of hydrogen-bond acceptors (Lipinski definition) is 17. The summed E-state index contributed by atoms with van der Waals surface area (Å²) >= 11 is 0. The molecule has 1 aliphatic carbocycles. The van der Waals surface area contributed by atoms with Crippen LogP contribution in [0.25, 0.3) is 11.2 Å². The van der Waals surface area contributed by atoms with Crippen LogP contribution in [0.15, 0.2) is 158 Å². The van der Waals surface area contributed by atoms with Crippen molar-refractivity contribution < 1.29 is 58.3 Å². The molecule has 0 fully saturated rings. The Morgan fingerprint density at radius 1 is 0.833 bits per heavy atom. The Morgan fingerprint density at radius 3 is 2.20 bits per heavy atom. The molecule has 1 amide bonds. The van der Waals surface area contributed by atoms with E-state index in [4.69, 9.17) is 15.5 Å². The molecule has 0 saturated carbocycles. The third-order valence-electron chi connectivity index (χ3n) is 15.0. The quantitative estimate of drug-likeness (QED) is 0.0250. The highest BCUT2D eigenvalue weighted by molar-refractivity contribution is 7.86. The summed E-state index contributed by atoms with van der Waals surface area (Å²) < 4.78 is 108. The number of nitrogen functional groups attached to an aromatic ring is 1. The molecule has 0 spiro atoms. The van der Waals surface area contributed by atoms with Crippen molar-refractivity contribution in [2.24, 2.45) is 4.99 Å². The third-order valence-corrected chi connectivity index (χ3v) is 17.5. The Labute approximate surface area is 484 Å². The topological polar surface area (TPSA) is 364 Å². The number of fused-ring (bicyclic) bond motifs is 3. The second kappa shape index (κ2) is 23.7. The SMILES string of the molecule is CC1(C)C(/C=C/C2=C(Oc3ccc(CC[C@@H](NC(=O)c4ccc(NCc5cnc6nc(N)[nH]c(=O)c6n5)cc4)C(=O)O)cc3)C(=C/C=C3/N(CCCCS(=O)(=O)O)c4ccc(S(=O)(=O)O)cc4C3(C)C)/CCC2)=Nc2ccc(S(=O)(=O)O)cc21. The number of aliphatic carboxylic acids is 1. The molecule has 6 aromatic rings. The number of rotatable bonds is 21. The summed E-state index contributed by atoms with van der Waals surface area (Å²) in [6.07, 6.45) is 11.7. The summed E-state index contributed by atoms with van der Waals surface area (Å²) in [4.78, 5) is 59.2. The Kier molecular flexibility index (Phi) is 17.0. The van der Waals surface area contributed by atoms with E-state index in [9.17, 15) is 58.4 Å². The van der Waals surface area contributed by atoms with Gasteiger partial charge in [0, 0.05) is 40.0 Å². The van der Waals surface area contributed by atoms with E-state index in [2.05, 4.69) is 30.6 Å². The van der Waals surface area contributed by atoms with Gasteiger partial charge in [0.05, 0.1) is 45.4 Å². The summed E-state index contributed by atoms with van der Waals surface area (Å²) in [6.45, 7) is 8.11. The minimum atomic E-state index is -4.57. The van der Waals surface area contributed by atoms with Gasteiger partial charge in [-0.1, -0.05) is 52.0 Å². The lowest BCUT2D eigenvalue weighted by Gasteiger charge is -2.27. The van der Waals surface area contributed by atoms with Crippen molar-refractivity contribution in [3.63, 3.8) is 0 Å². The molecule has 4 heterocycles. The van der Waals surface area contributed by atoms with Crippen LogP contribution >= 0.6 is 0 Å². The van der Waals surface area contributed by atoms with Crippen molar-refractivity contribution in [3.8, 4) is 5.75 Å². The zero-order chi connectivity index (χ0) is 60.5. The van der Waals surface area contributed by atoms with E-state index >= 15 is 0 Å². The van der Waals surface area contributed by atoms with E-state index in [0.29, 0.717) is 83.3 Å². The first-order chi connectivity index (χ1) is 39.5. The lowest BCUT2D eigenvalue weighted by Crippen LogP contribution is -2.41. The standard InChI is InChI=1S/C58H61N9O14S3/c1-57(2)43-30-41(83(75,76)77)21-24-45(43)63-48(57)26-15-35-8-7-9-36(16-27-49-58(3,4)44-31-42(84(78,79)80)22-25-47(44)67(49)28-5-6-29-82(72,73)74)51(35)81-40-19-10-34(11-20-40)12-23-46(55(70)71)64-53(68)37-13-17-38(18-14-37)60-32-39-33-61-52-50(62-39)54(69)66-56(59)65-52/h10-11,13-22,24-27,30-31,33,46,60H,5-9,12,23,28-29,32H2,1-4H3,(H,64,68)(H,70,71)(H,72,73,74)(H,75,76,77)(H,78,79,80)(H3,59,61,65,66,69)/b26-15+,36-16+,49-27+/t46-/m1/s1. The monoisotopic (exact) mass is 1200 g/mol. The number of hydrogen-bond donors (Lipinski definition) is 8. The number of carbonyl (C=O) groups is 2. The Morgan fingerprint density at radius 2 is 1.52 bits per heavy atom. The van der Waals surface area contributed by atoms with Crippen LogP contribution in [0.4, 0.5) is 23.0 Å². The molecule has 0 unspecified atom stereocenters. The largest absolute Gasteiger partial charge is 0.480 e. The molecule has 440 valence electrons. The molecule has 0 saturated heterocycles. The normalized spacial score (nSPS) is 17.1. The zero-order valence-electron chi connectivity index (χ0n) is 46.0. The Bertz CT molecular complexity index is 4190. The highest BCUT2D eigenvalue weighted by atomic mass is 32.2. The molecule has 3 aliphatic rings. The number of allylic oxidation sites excluding steroid dienone is 7. The highest BCUT2D eigenvalue weighted by Crippen LogP contribution is 2.49. The van der Waals surface area contributed by atoms with Crippen molar-refractivity contribution >= 4 is 82.1 Å². The van der Waals surface area contributed by atoms with Gasteiger partial charge in [-0.2, -0.15) is 30.2 Å². The maximum Gasteiger partial charge on any atom is 0.326 e. The lowest BCUT2D eigenvalue weighted by molar-refractivity contribution is -0.139. The van der Waals surface area contributed by atoms with E-state index in [0.717, 1.165) is 22.4 Å². The number of carbonyl (C=O) groups excluding carboxylic acids is 1. The van der Waals surface area contributed by atoms with Crippen molar-refractivity contribution in [1.29, 1.82) is 0 Å². The Hall–Kier alpha value is -8.40. The van der Waals surface area contributed by atoms with Crippen molar-refractivity contribution in [3.05, 3.63) is 176 Å². The van der Waals surface area contributed by atoms with Crippen molar-refractivity contribution in [2.75, 3.05) is 28.2 Å². The van der Waals surface area contributed by atoms with Crippen molar-refractivity contribution in [1.82, 2.24) is 25.3 Å². The average Bonchev–Trinajstić information content (AvgIpc) is 2.08. The summed E-state index contributed by atoms with van der Waals surface area (Å²) in [5.41, 5.74) is 11.0. The number of nitrogens with one attached hydrogen (secondary N) is 3. The maximum absolute atomic E-state index is 13.3. The number of unbranched alkanes of at least 4 members (excludes halogenated alkanes) is 1. The fourth-order valence-electron chi connectivity index (χ4n) is 10.4. The van der Waals surface area contributed by atoms with Crippen LogP contribution in [-0.4, -0.2) is 99.9 Å². The minimum Gasteiger partial charge on any atom is -0.480 e. The van der Waals surface area contributed by atoms with Crippen LogP contribution in [0.1, 0.15) is 99.0 Å². The van der Waals surface area contributed by atoms with Gasteiger partial charge in [-0.3, -0.25) is 33.2 Å². The number of amides is 1. The molecule has 84 heavy (non-hydrogen) atoms. The van der Waals surface area contributed by atoms with Gasteiger partial charge < -0.3 is 31.1 Å². The summed E-state index contributed by atoms with van der Waals surface area (Å²) in [7, 11) is -13.3. The number of carboxylic acid groups (broad SMARTS) is 1. The minimum absolute atomic E-state index is 0.0316. The second-order valence-corrected chi connectivity index (χ2v) is 26.0. The van der Waals surface area contributed by atoms with E-state index in [-0.39, 0.29) is 58.3 Å². The molecule has 2 aromatic heterocycles. The van der Waals surface area contributed by atoms with Crippen LogP contribution in [0, 0.1) is 0 Å². The summed E-state index contributed by atoms with van der Waals surface area (Å²) in [5.74, 6) is -1.37. The van der Waals surface area contributed by atoms with E-state index in [1.54, 1.807) is 60.7 Å². The van der Waals surface area contributed by atoms with Gasteiger partial charge in [-0.15, -0.1) is 0 Å². The number of anilines is 3. The fraction of sp³-hybridized carbons (Fsp3) is 0.293. The molecule has 2 aliphatic heterocycles. The molecule has 4 aromatic carbocycles. The van der Waals surface area contributed by atoms with Crippen LogP contribution in [0.3, 0.4) is 0 Å². The van der Waals surface area contributed by atoms with Crippen LogP contribution in [-0.2, 0) is 58.9 Å². The van der Waals surface area contributed by atoms with E-state index in [1.807, 2.05) is 56.9 Å². The number of aromatic amines is 1. The van der Waals surface area contributed by atoms with Crippen LogP contribution < -0.4 is 31.6 Å². The predicted octanol–water partition coefficient (Wildman–Crippen LogP) is 7.93.